The van der Waals surface area contributed by atoms with Crippen molar-refractivity contribution in [2.24, 2.45) is 0 Å². The third kappa shape index (κ3) is 3.60. The van der Waals surface area contributed by atoms with Gasteiger partial charge in [0.05, 0.1) is 13.2 Å². The zero-order valence-corrected chi connectivity index (χ0v) is 13.1. The third-order valence-electron chi connectivity index (χ3n) is 5.01. The number of hydrogen-bond acceptors (Lipinski definition) is 4. The molecule has 6 nitrogen and oxygen atoms in total. The number of nitrogens with zero attached hydrogens (tertiary/aromatic N) is 1. The van der Waals surface area contributed by atoms with Gasteiger partial charge in [0.25, 0.3) is 0 Å². The van der Waals surface area contributed by atoms with Crippen LogP contribution in [0.25, 0.3) is 0 Å². The van der Waals surface area contributed by atoms with E-state index >= 15 is 0 Å². The summed E-state index contributed by atoms with van der Waals surface area (Å²) in [7, 11) is 0. The molecule has 1 spiro atoms. The molecule has 124 valence electrons. The van der Waals surface area contributed by atoms with Crippen molar-refractivity contribution in [1.29, 1.82) is 0 Å². The van der Waals surface area contributed by atoms with Crippen molar-refractivity contribution in [2.75, 3.05) is 26.3 Å². The molecule has 0 atom stereocenters. The van der Waals surface area contributed by atoms with E-state index in [1.165, 1.54) is 12.8 Å². The van der Waals surface area contributed by atoms with Gasteiger partial charge in [0, 0.05) is 32.0 Å². The van der Waals surface area contributed by atoms with E-state index in [0.717, 1.165) is 25.7 Å². The molecule has 0 aromatic heterocycles. The highest BCUT2D eigenvalue weighted by Gasteiger charge is 2.41. The van der Waals surface area contributed by atoms with Crippen molar-refractivity contribution < 1.29 is 19.1 Å². The van der Waals surface area contributed by atoms with Crippen molar-refractivity contribution in [3.63, 3.8) is 0 Å². The van der Waals surface area contributed by atoms with Gasteiger partial charge in [0.2, 0.25) is 0 Å². The third-order valence-corrected chi connectivity index (χ3v) is 5.01. The fourth-order valence-electron chi connectivity index (χ4n) is 3.65. The molecule has 2 amide bonds. The van der Waals surface area contributed by atoms with Crippen molar-refractivity contribution in [2.45, 2.75) is 63.2 Å². The van der Waals surface area contributed by atoms with Crippen LogP contribution in [0.2, 0.25) is 0 Å². The number of likely N-dealkylation sites (tertiary alicyclic amines) is 1. The highest BCUT2D eigenvalue weighted by atomic mass is 16.7. The van der Waals surface area contributed by atoms with Gasteiger partial charge in [-0.05, 0) is 12.8 Å². The summed E-state index contributed by atoms with van der Waals surface area (Å²) in [5, 5.41) is 2.92. The second-order valence-electron chi connectivity index (χ2n) is 6.56. The first-order valence-corrected chi connectivity index (χ1v) is 8.56. The van der Waals surface area contributed by atoms with Crippen LogP contribution in [0.1, 0.15) is 51.4 Å². The molecule has 2 saturated heterocycles. The summed E-state index contributed by atoms with van der Waals surface area (Å²) < 4.78 is 11.3. The zero-order chi connectivity index (χ0) is 15.4. The lowest BCUT2D eigenvalue weighted by Gasteiger charge is -2.37. The Morgan fingerprint density at radius 1 is 0.955 bits per heavy atom. The molecular weight excluding hydrogens is 284 g/mol. The Kier molecular flexibility index (Phi) is 4.98. The van der Waals surface area contributed by atoms with Crippen molar-refractivity contribution in [3.05, 3.63) is 0 Å². The van der Waals surface area contributed by atoms with Crippen LogP contribution >= 0.6 is 0 Å². The molecule has 3 fully saturated rings. The van der Waals surface area contributed by atoms with Crippen LogP contribution in [0.15, 0.2) is 0 Å². The molecule has 1 saturated carbocycles. The van der Waals surface area contributed by atoms with Gasteiger partial charge in [0.1, 0.15) is 0 Å². The number of amides is 2. The fraction of sp³-hybridized carbons (Fsp3) is 0.875. The average molecular weight is 310 g/mol. The molecule has 2 heterocycles. The summed E-state index contributed by atoms with van der Waals surface area (Å²) in [5.74, 6) is -1.36. The van der Waals surface area contributed by atoms with Crippen LogP contribution in [0.4, 0.5) is 0 Å². The summed E-state index contributed by atoms with van der Waals surface area (Å²) >= 11 is 0. The summed E-state index contributed by atoms with van der Waals surface area (Å²) in [4.78, 5) is 26.1. The van der Waals surface area contributed by atoms with Crippen molar-refractivity contribution in [3.8, 4) is 0 Å². The first-order valence-electron chi connectivity index (χ1n) is 8.56. The average Bonchev–Trinajstić information content (AvgIpc) is 2.82. The molecule has 3 rings (SSSR count). The predicted octanol–water partition coefficient (Wildman–Crippen LogP) is 1.19. The van der Waals surface area contributed by atoms with E-state index in [4.69, 9.17) is 9.47 Å². The predicted molar refractivity (Wildman–Crippen MR) is 80.1 cm³/mol. The monoisotopic (exact) mass is 310 g/mol. The Morgan fingerprint density at radius 2 is 1.55 bits per heavy atom. The summed E-state index contributed by atoms with van der Waals surface area (Å²) in [6.45, 7) is 2.29. The van der Waals surface area contributed by atoms with Crippen LogP contribution < -0.4 is 5.32 Å². The Balaban J connectivity index is 1.47. The first-order chi connectivity index (χ1) is 10.7. The largest absolute Gasteiger partial charge is 0.347 e. The maximum Gasteiger partial charge on any atom is 0.311 e. The minimum atomic E-state index is -0.505. The lowest BCUT2D eigenvalue weighted by Crippen LogP contribution is -2.52. The maximum atomic E-state index is 12.3. The molecule has 0 aromatic rings. The molecule has 6 heteroatoms. The number of carbonyl (C=O) groups is 2. The van der Waals surface area contributed by atoms with Gasteiger partial charge in [-0.1, -0.05) is 25.7 Å². The highest BCUT2D eigenvalue weighted by Crippen LogP contribution is 2.31. The van der Waals surface area contributed by atoms with E-state index in [1.54, 1.807) is 4.90 Å². The van der Waals surface area contributed by atoms with Crippen LogP contribution in [-0.2, 0) is 19.1 Å². The highest BCUT2D eigenvalue weighted by molar-refractivity contribution is 6.35. The minimum absolute atomic E-state index is 0.164. The Labute approximate surface area is 131 Å². The number of carbonyl (C=O) groups excluding carboxylic acids is 2. The lowest BCUT2D eigenvalue weighted by atomic mass is 10.0. The van der Waals surface area contributed by atoms with Gasteiger partial charge in [0.15, 0.2) is 5.79 Å². The number of ether oxygens (including phenoxy) is 2. The topological polar surface area (TPSA) is 67.9 Å². The molecule has 3 aliphatic rings. The number of rotatable bonds is 1. The molecule has 1 N–H and O–H groups in total. The molecule has 0 aromatic carbocycles. The SMILES string of the molecule is O=C(NC1CCCCCC1)C(=O)N1CCC2(CC1)OCCO2. The second-order valence-corrected chi connectivity index (χ2v) is 6.56. The van der Waals surface area contributed by atoms with E-state index in [9.17, 15) is 9.59 Å². The van der Waals surface area contributed by atoms with Gasteiger partial charge in [-0.3, -0.25) is 9.59 Å². The van der Waals surface area contributed by atoms with E-state index in [-0.39, 0.29) is 6.04 Å². The smallest absolute Gasteiger partial charge is 0.311 e. The normalized spacial score (nSPS) is 25.9. The summed E-state index contributed by atoms with van der Waals surface area (Å²) in [6.07, 6.45) is 8.02. The van der Waals surface area contributed by atoms with Gasteiger partial charge in [-0.25, -0.2) is 0 Å². The molecule has 2 aliphatic heterocycles. The maximum absolute atomic E-state index is 12.3. The van der Waals surface area contributed by atoms with Crippen LogP contribution in [0.3, 0.4) is 0 Å². The van der Waals surface area contributed by atoms with E-state index < -0.39 is 17.6 Å². The van der Waals surface area contributed by atoms with Crippen molar-refractivity contribution >= 4 is 11.8 Å². The number of nitrogens with one attached hydrogen (secondary N) is 1. The molecular formula is C16H26N2O4. The summed E-state index contributed by atoms with van der Waals surface area (Å²) in [6, 6.07) is 0.164. The molecule has 0 bridgehead atoms. The fourth-order valence-corrected chi connectivity index (χ4v) is 3.65. The second kappa shape index (κ2) is 6.96. The van der Waals surface area contributed by atoms with E-state index in [0.29, 0.717) is 39.1 Å². The quantitative estimate of drug-likeness (QED) is 0.583. The Morgan fingerprint density at radius 3 is 2.14 bits per heavy atom. The number of hydrogen-bond donors (Lipinski definition) is 1. The van der Waals surface area contributed by atoms with Crippen molar-refractivity contribution in [1.82, 2.24) is 10.2 Å². The van der Waals surface area contributed by atoms with Crippen LogP contribution in [0, 0.1) is 0 Å². The van der Waals surface area contributed by atoms with Gasteiger partial charge < -0.3 is 19.7 Å². The lowest BCUT2D eigenvalue weighted by molar-refractivity contribution is -0.188. The molecule has 0 unspecified atom stereocenters. The zero-order valence-electron chi connectivity index (χ0n) is 13.1. The van der Waals surface area contributed by atoms with Crippen LogP contribution in [-0.4, -0.2) is 54.8 Å². The Bertz CT molecular complexity index is 402. The molecule has 22 heavy (non-hydrogen) atoms. The standard InChI is InChI=1S/C16H26N2O4/c19-14(17-13-5-3-1-2-4-6-13)15(20)18-9-7-16(8-10-18)21-11-12-22-16/h13H,1-12H2,(H,17,19). The van der Waals surface area contributed by atoms with Crippen LogP contribution in [0.5, 0.6) is 0 Å². The van der Waals surface area contributed by atoms with E-state index in [2.05, 4.69) is 5.32 Å². The molecule has 0 radical (unpaired) electrons. The first kappa shape index (κ1) is 15.7. The minimum Gasteiger partial charge on any atom is -0.347 e. The van der Waals surface area contributed by atoms with E-state index in [1.807, 2.05) is 0 Å². The van der Waals surface area contributed by atoms with Gasteiger partial charge in [-0.15, -0.1) is 0 Å². The Hall–Kier alpha value is -1.14. The van der Waals surface area contributed by atoms with Gasteiger partial charge >= 0.3 is 11.8 Å². The van der Waals surface area contributed by atoms with Gasteiger partial charge in [-0.2, -0.15) is 0 Å². The number of piperidine rings is 1. The summed E-state index contributed by atoms with van der Waals surface area (Å²) in [5.41, 5.74) is 0. The molecule has 1 aliphatic carbocycles.